The molecule has 0 aromatic heterocycles. The maximum Gasteiger partial charge on any atom is 0.416 e. The number of alkyl halides is 3. The van der Waals surface area contributed by atoms with E-state index in [2.05, 4.69) is 10.6 Å². The molecule has 10 heteroatoms. The maximum atomic E-state index is 12.7. The number of carbonyl (C=O) groups excluding carboxylic acids is 3. The molecule has 0 unspecified atom stereocenters. The third-order valence-electron chi connectivity index (χ3n) is 3.54. The lowest BCUT2D eigenvalue weighted by Gasteiger charge is -2.10. The van der Waals surface area contributed by atoms with Crippen molar-refractivity contribution in [2.75, 3.05) is 17.2 Å². The van der Waals surface area contributed by atoms with Crippen LogP contribution >= 0.6 is 11.6 Å². The zero-order valence-electron chi connectivity index (χ0n) is 14.9. The molecule has 2 N–H and O–H groups in total. The third-order valence-corrected chi connectivity index (χ3v) is 3.87. The molecule has 0 bridgehead atoms. The van der Waals surface area contributed by atoms with Gasteiger partial charge in [0.2, 0.25) is 5.91 Å². The van der Waals surface area contributed by atoms with Crippen molar-refractivity contribution in [3.8, 4) is 0 Å². The molecule has 0 atom stereocenters. The number of hydrogen-bond donors (Lipinski definition) is 2. The van der Waals surface area contributed by atoms with Crippen molar-refractivity contribution in [2.45, 2.75) is 19.0 Å². The van der Waals surface area contributed by atoms with Crippen LogP contribution in [-0.4, -0.2) is 24.4 Å². The Balaban J connectivity index is 1.74. The molecular weight excluding hydrogens is 413 g/mol. The lowest BCUT2D eigenvalue weighted by molar-refractivity contribution is -0.147. The smallest absolute Gasteiger partial charge is 0.416 e. The standard InChI is InChI=1S/C19H16ClF3N2O4/c20-14-6-1-2-7-15(14)25-17(27)11-29-18(28)9-8-16(26)24-13-5-3-4-12(10-13)19(21,22)23/h1-7,10H,8-9,11H2,(H,24,26)(H,25,27). The molecule has 0 saturated heterocycles. The van der Waals surface area contributed by atoms with Gasteiger partial charge in [-0.2, -0.15) is 13.2 Å². The van der Waals surface area contributed by atoms with Crippen LogP contribution in [0.1, 0.15) is 18.4 Å². The number of ether oxygens (including phenoxy) is 1. The molecule has 0 aliphatic rings. The van der Waals surface area contributed by atoms with Gasteiger partial charge in [0, 0.05) is 12.1 Å². The zero-order chi connectivity index (χ0) is 21.4. The Kier molecular flexibility index (Phi) is 7.60. The van der Waals surface area contributed by atoms with E-state index in [0.717, 1.165) is 18.2 Å². The highest BCUT2D eigenvalue weighted by Crippen LogP contribution is 2.30. The van der Waals surface area contributed by atoms with Crippen LogP contribution in [0.4, 0.5) is 24.5 Å². The van der Waals surface area contributed by atoms with Crippen molar-refractivity contribution < 1.29 is 32.3 Å². The molecule has 0 aliphatic carbocycles. The number of amides is 2. The number of hydrogen-bond acceptors (Lipinski definition) is 4. The highest BCUT2D eigenvalue weighted by Gasteiger charge is 2.30. The Morgan fingerprint density at radius 1 is 0.931 bits per heavy atom. The summed E-state index contributed by atoms with van der Waals surface area (Å²) in [5.74, 6) is -2.08. The average molecular weight is 429 g/mol. The van der Waals surface area contributed by atoms with Gasteiger partial charge in [-0.15, -0.1) is 0 Å². The number of rotatable bonds is 7. The average Bonchev–Trinajstić information content (AvgIpc) is 2.66. The van der Waals surface area contributed by atoms with Crippen LogP contribution in [0.3, 0.4) is 0 Å². The molecule has 0 radical (unpaired) electrons. The highest BCUT2D eigenvalue weighted by molar-refractivity contribution is 6.33. The lowest BCUT2D eigenvalue weighted by atomic mass is 10.2. The number of benzene rings is 2. The van der Waals surface area contributed by atoms with Gasteiger partial charge in [0.05, 0.1) is 22.7 Å². The van der Waals surface area contributed by atoms with Crippen LogP contribution in [0.25, 0.3) is 0 Å². The van der Waals surface area contributed by atoms with E-state index in [1.807, 2.05) is 0 Å². The summed E-state index contributed by atoms with van der Waals surface area (Å²) in [6.07, 6.45) is -5.19. The quantitative estimate of drug-likeness (QED) is 0.645. The molecular formula is C19H16ClF3N2O4. The van der Waals surface area contributed by atoms with Crippen molar-refractivity contribution in [3.63, 3.8) is 0 Å². The Morgan fingerprint density at radius 3 is 2.34 bits per heavy atom. The van der Waals surface area contributed by atoms with Gasteiger partial charge < -0.3 is 15.4 Å². The second-order valence-electron chi connectivity index (χ2n) is 5.82. The molecule has 29 heavy (non-hydrogen) atoms. The van der Waals surface area contributed by atoms with E-state index in [0.29, 0.717) is 10.7 Å². The van der Waals surface area contributed by atoms with Gasteiger partial charge in [0.1, 0.15) is 0 Å². The van der Waals surface area contributed by atoms with Gasteiger partial charge in [-0.25, -0.2) is 0 Å². The summed E-state index contributed by atoms with van der Waals surface area (Å²) in [7, 11) is 0. The molecule has 0 heterocycles. The Morgan fingerprint density at radius 2 is 1.66 bits per heavy atom. The summed E-state index contributed by atoms with van der Waals surface area (Å²) in [5.41, 5.74) is -0.591. The molecule has 2 aromatic rings. The predicted octanol–water partition coefficient (Wildman–Crippen LogP) is 4.26. The summed E-state index contributed by atoms with van der Waals surface area (Å²) >= 11 is 5.89. The van der Waals surface area contributed by atoms with Crippen LogP contribution in [0.15, 0.2) is 48.5 Å². The van der Waals surface area contributed by atoms with Gasteiger partial charge in [-0.05, 0) is 30.3 Å². The van der Waals surface area contributed by atoms with E-state index in [1.165, 1.54) is 6.07 Å². The molecule has 6 nitrogen and oxygen atoms in total. The number of esters is 1. The number of para-hydroxylation sites is 1. The van der Waals surface area contributed by atoms with Crippen LogP contribution in [0.5, 0.6) is 0 Å². The normalized spacial score (nSPS) is 10.9. The molecule has 0 aliphatic heterocycles. The van der Waals surface area contributed by atoms with Gasteiger partial charge >= 0.3 is 12.1 Å². The minimum atomic E-state index is -4.53. The fourth-order valence-electron chi connectivity index (χ4n) is 2.18. The van der Waals surface area contributed by atoms with Crippen molar-refractivity contribution in [1.82, 2.24) is 0 Å². The second-order valence-corrected chi connectivity index (χ2v) is 6.22. The van der Waals surface area contributed by atoms with E-state index in [4.69, 9.17) is 16.3 Å². The van der Waals surface area contributed by atoms with Crippen molar-refractivity contribution in [1.29, 1.82) is 0 Å². The van der Waals surface area contributed by atoms with E-state index in [-0.39, 0.29) is 18.5 Å². The molecule has 2 amide bonds. The summed E-state index contributed by atoms with van der Waals surface area (Å²) in [6, 6.07) is 10.6. The van der Waals surface area contributed by atoms with Gasteiger partial charge in [-0.3, -0.25) is 14.4 Å². The first kappa shape index (κ1) is 22.2. The minimum absolute atomic E-state index is 0.0442. The lowest BCUT2D eigenvalue weighted by Crippen LogP contribution is -2.22. The fourth-order valence-corrected chi connectivity index (χ4v) is 2.36. The molecule has 2 rings (SSSR count). The Hall–Kier alpha value is -3.07. The highest BCUT2D eigenvalue weighted by atomic mass is 35.5. The first-order chi connectivity index (χ1) is 13.6. The van der Waals surface area contributed by atoms with E-state index in [1.54, 1.807) is 24.3 Å². The predicted molar refractivity (Wildman–Crippen MR) is 100 cm³/mol. The van der Waals surface area contributed by atoms with Crippen molar-refractivity contribution in [3.05, 3.63) is 59.1 Å². The zero-order valence-corrected chi connectivity index (χ0v) is 15.6. The first-order valence-electron chi connectivity index (χ1n) is 8.32. The summed E-state index contributed by atoms with van der Waals surface area (Å²) in [5, 5.41) is 5.05. The van der Waals surface area contributed by atoms with Gasteiger partial charge in [0.15, 0.2) is 6.61 Å². The second kappa shape index (κ2) is 9.92. The van der Waals surface area contributed by atoms with E-state index < -0.39 is 36.1 Å². The van der Waals surface area contributed by atoms with E-state index in [9.17, 15) is 27.6 Å². The minimum Gasteiger partial charge on any atom is -0.456 e. The monoisotopic (exact) mass is 428 g/mol. The number of anilines is 2. The van der Waals surface area contributed by atoms with Crippen molar-refractivity contribution in [2.24, 2.45) is 0 Å². The molecule has 154 valence electrons. The number of halogens is 4. The topological polar surface area (TPSA) is 84.5 Å². The molecule has 0 fully saturated rings. The van der Waals surface area contributed by atoms with Gasteiger partial charge in [0.25, 0.3) is 5.91 Å². The summed E-state index contributed by atoms with van der Waals surface area (Å²) in [4.78, 5) is 35.2. The van der Waals surface area contributed by atoms with Crippen LogP contribution in [0, 0.1) is 0 Å². The number of nitrogens with one attached hydrogen (secondary N) is 2. The summed E-state index contributed by atoms with van der Waals surface area (Å²) in [6.45, 7) is -0.570. The van der Waals surface area contributed by atoms with Crippen molar-refractivity contribution >= 4 is 40.8 Å². The van der Waals surface area contributed by atoms with Crippen LogP contribution in [0.2, 0.25) is 5.02 Å². The van der Waals surface area contributed by atoms with Gasteiger partial charge in [-0.1, -0.05) is 29.8 Å². The van der Waals surface area contributed by atoms with Crippen LogP contribution < -0.4 is 10.6 Å². The molecule has 0 saturated carbocycles. The fraction of sp³-hybridized carbons (Fsp3) is 0.211. The Labute approximate surface area is 169 Å². The first-order valence-corrected chi connectivity index (χ1v) is 8.70. The maximum absolute atomic E-state index is 12.7. The SMILES string of the molecule is O=C(CCC(=O)OCC(=O)Nc1ccccc1Cl)Nc1cccc(C(F)(F)F)c1. The van der Waals surface area contributed by atoms with Crippen LogP contribution in [-0.2, 0) is 25.3 Å². The molecule has 0 spiro atoms. The number of carbonyl (C=O) groups is 3. The molecule has 2 aromatic carbocycles. The summed E-state index contributed by atoms with van der Waals surface area (Å²) < 4.78 is 42.7. The van der Waals surface area contributed by atoms with E-state index >= 15 is 0 Å². The Bertz CT molecular complexity index is 903. The largest absolute Gasteiger partial charge is 0.456 e. The third kappa shape index (κ3) is 7.46.